The first-order chi connectivity index (χ1) is 25.7. The molecule has 8 rings (SSSR count). The van der Waals surface area contributed by atoms with Crippen molar-refractivity contribution in [3.8, 4) is 11.4 Å². The van der Waals surface area contributed by atoms with Crippen molar-refractivity contribution in [2.24, 2.45) is 0 Å². The fourth-order valence-electron chi connectivity index (χ4n) is 5.91. The van der Waals surface area contributed by atoms with Crippen LogP contribution in [0.15, 0.2) is 92.6 Å². The maximum atomic E-state index is 11.5. The van der Waals surface area contributed by atoms with Gasteiger partial charge in [0.15, 0.2) is 10.3 Å². The van der Waals surface area contributed by atoms with E-state index in [1.165, 1.54) is 66.5 Å². The van der Waals surface area contributed by atoms with E-state index in [0.29, 0.717) is 38.2 Å². The van der Waals surface area contributed by atoms with Crippen molar-refractivity contribution in [3.63, 3.8) is 0 Å². The molecule has 0 aliphatic heterocycles. The Morgan fingerprint density at radius 2 is 1.14 bits per heavy atom. The van der Waals surface area contributed by atoms with E-state index in [9.17, 15) is 9.59 Å². The molecule has 294 valence electrons. The Hall–Kier alpha value is -3.31. The van der Waals surface area contributed by atoms with Crippen LogP contribution in [-0.4, -0.2) is 82.5 Å². The zero-order chi connectivity index (χ0) is 37.5. The van der Waals surface area contributed by atoms with E-state index in [1.807, 2.05) is 21.3 Å². The number of fused-ring (bicyclic) bond motifs is 2. The van der Waals surface area contributed by atoms with E-state index >= 15 is 0 Å². The molecule has 6 aromatic rings. The third-order valence-corrected chi connectivity index (χ3v) is 11.4. The van der Waals surface area contributed by atoms with Crippen molar-refractivity contribution >= 4 is 88.9 Å². The van der Waals surface area contributed by atoms with Gasteiger partial charge in [-0.3, -0.25) is 28.7 Å². The number of ether oxygens (including phenoxy) is 1. The molecule has 2 heterocycles. The number of carboxylic acid groups (broad SMARTS) is 1. The molecule has 0 amide bonds. The molecule has 2 fully saturated rings. The first kappa shape index (κ1) is 47.1. The van der Waals surface area contributed by atoms with Gasteiger partial charge in [-0.2, -0.15) is 0 Å². The molecule has 0 unspecified atom stereocenters. The Balaban J connectivity index is 0.000000338. The van der Waals surface area contributed by atoms with E-state index < -0.39 is 5.97 Å². The summed E-state index contributed by atoms with van der Waals surface area (Å²) in [6, 6.07) is 25.3. The minimum Gasteiger partial charge on any atom is -1.00 e. The van der Waals surface area contributed by atoms with E-state index in [0.717, 1.165) is 33.9 Å². The zero-order valence-corrected chi connectivity index (χ0v) is 35.5. The molecule has 3 N–H and O–H groups in total. The predicted molar refractivity (Wildman–Crippen MR) is 218 cm³/mol. The summed E-state index contributed by atoms with van der Waals surface area (Å²) in [5.41, 5.74) is 4.76. The number of esters is 1. The summed E-state index contributed by atoms with van der Waals surface area (Å²) < 4.78 is 9.70. The molecule has 2 aromatic heterocycles. The average molecular weight is 932 g/mol. The topological polar surface area (TPSA) is 184 Å². The first-order valence-electron chi connectivity index (χ1n) is 16.8. The van der Waals surface area contributed by atoms with Crippen LogP contribution in [0.1, 0.15) is 57.0 Å². The van der Waals surface area contributed by atoms with Crippen LogP contribution in [0.5, 0.6) is 0 Å². The van der Waals surface area contributed by atoms with Crippen LogP contribution in [-0.2, 0) is 19.2 Å². The third kappa shape index (κ3) is 11.2. The number of hydrogen-bond acceptors (Lipinski definition) is 12. The quantitative estimate of drug-likeness (QED) is 0.0497. The largest absolute Gasteiger partial charge is 1.00 e. The number of halogens is 3. The molecule has 0 saturated heterocycles. The van der Waals surface area contributed by atoms with Crippen LogP contribution in [0.25, 0.3) is 32.9 Å². The maximum absolute atomic E-state index is 11.5. The summed E-state index contributed by atoms with van der Waals surface area (Å²) >= 11 is 9.39. The minimum atomic E-state index is -0.875. The van der Waals surface area contributed by atoms with Gasteiger partial charge in [0, 0.05) is 10.8 Å². The smallest absolute Gasteiger partial charge is 1.00 e. The van der Waals surface area contributed by atoms with Gasteiger partial charge in [0.25, 0.3) is 0 Å². The van der Waals surface area contributed by atoms with E-state index in [2.05, 4.69) is 118 Å². The fourth-order valence-corrected chi connectivity index (χ4v) is 8.46. The molecule has 0 atom stereocenters. The number of carboxylic acids is 1. The van der Waals surface area contributed by atoms with E-state index in [1.54, 1.807) is 6.92 Å². The Morgan fingerprint density at radius 1 is 0.750 bits per heavy atom. The van der Waals surface area contributed by atoms with Crippen LogP contribution in [0.2, 0.25) is 0 Å². The minimum absolute atomic E-state index is 0. The molecular formula is C37H39Br2FLiN6O7S2-. The molecule has 2 aliphatic carbocycles. The summed E-state index contributed by atoms with van der Waals surface area (Å²) in [5.74, 6) is 0.318. The predicted octanol–water partition coefficient (Wildman–Crippen LogP) is 6.15. The maximum Gasteiger partial charge on any atom is 1.00 e. The van der Waals surface area contributed by atoms with Crippen molar-refractivity contribution in [2.75, 3.05) is 25.2 Å². The first-order valence-corrected chi connectivity index (χ1v) is 20.4. The number of aliphatic carboxylic acids is 1. The monoisotopic (exact) mass is 929 g/mol. The normalized spacial score (nSPS) is 12.9. The van der Waals surface area contributed by atoms with Gasteiger partial charge in [0.1, 0.15) is 0 Å². The van der Waals surface area contributed by atoms with Gasteiger partial charge in [-0.25, -0.2) is 4.89 Å². The number of rotatable bonds is 11. The molecule has 13 nitrogen and oxygen atoms in total. The molecule has 2 aliphatic rings. The number of thioether (sulfide) groups is 2. The number of carbonyl (C=O) groups is 2. The average Bonchev–Trinajstić information content (AvgIpc) is 4.13. The van der Waals surface area contributed by atoms with Gasteiger partial charge in [-0.05, 0) is 110 Å². The van der Waals surface area contributed by atoms with Gasteiger partial charge in [-0.1, -0.05) is 84.2 Å². The van der Waals surface area contributed by atoms with Gasteiger partial charge in [0.05, 0.1) is 36.6 Å². The number of aromatic nitrogens is 6. The molecular weight excluding hydrogens is 890 g/mol. The van der Waals surface area contributed by atoms with Gasteiger partial charge in [0.2, 0.25) is 9.47 Å². The summed E-state index contributed by atoms with van der Waals surface area (Å²) in [7, 11) is 1.38. The fraction of sp³-hybridized carbons (Fsp3) is 0.297. The Bertz CT molecular complexity index is 2260. The molecule has 19 heteroatoms. The number of carbonyl (C=O) groups excluding carboxylic acids is 1. The van der Waals surface area contributed by atoms with Crippen molar-refractivity contribution in [3.05, 3.63) is 93.4 Å². The van der Waals surface area contributed by atoms with E-state index in [4.69, 9.17) is 15.1 Å². The number of methoxy groups -OCH3 is 1. The van der Waals surface area contributed by atoms with Crippen LogP contribution in [0.3, 0.4) is 0 Å². The Labute approximate surface area is 360 Å². The summed E-state index contributed by atoms with van der Waals surface area (Å²) in [4.78, 5) is 25.9. The molecule has 2 saturated carbocycles. The molecule has 0 bridgehead atoms. The molecule has 56 heavy (non-hydrogen) atoms. The van der Waals surface area contributed by atoms with Gasteiger partial charge < -0.3 is 16.7 Å². The number of nitrogens with zero attached hydrogens (tertiary/aromatic N) is 6. The van der Waals surface area contributed by atoms with Crippen LogP contribution < -0.4 is 18.9 Å². The van der Waals surface area contributed by atoms with Crippen molar-refractivity contribution < 1.29 is 60.0 Å². The zero-order valence-electron chi connectivity index (χ0n) is 31.7. The summed E-state index contributed by atoms with van der Waals surface area (Å²) in [6.07, 6.45) is 5.03. The SMILES string of the molecule is CCOO.COC(=O)CSc1nnc(Br)n1-c1ccc(C2CC2)c2ccccc12.F.O=C(O)CSc1nnc(Br)n1-c1ccc(C2CC2)c2ccccc12.[3H-].[Li+].[OH-]. The second kappa shape index (κ2) is 22.0. The van der Waals surface area contributed by atoms with Crippen LogP contribution >= 0.6 is 55.4 Å². The molecule has 0 radical (unpaired) electrons. The number of hydrogen-bond donors (Lipinski definition) is 2. The second-order valence-electron chi connectivity index (χ2n) is 12.1. The van der Waals surface area contributed by atoms with E-state index in [-0.39, 0.29) is 47.9 Å². The van der Waals surface area contributed by atoms with Crippen molar-refractivity contribution in [2.45, 2.75) is 54.8 Å². The van der Waals surface area contributed by atoms with Crippen molar-refractivity contribution in [1.82, 2.24) is 29.5 Å². The summed E-state index contributed by atoms with van der Waals surface area (Å²) in [5, 5.41) is 38.8. The number of benzene rings is 4. The third-order valence-electron chi connectivity index (χ3n) is 8.57. The molecule has 4 aromatic carbocycles. The van der Waals surface area contributed by atoms with Crippen LogP contribution in [0.4, 0.5) is 4.70 Å². The Kier molecular flexibility index (Phi) is 18.5. The van der Waals surface area contributed by atoms with Gasteiger partial charge >= 0.3 is 30.8 Å². The summed E-state index contributed by atoms with van der Waals surface area (Å²) in [6.45, 7) is 2.08. The van der Waals surface area contributed by atoms with Crippen LogP contribution in [0, 0.1) is 0 Å². The second-order valence-corrected chi connectivity index (χ2v) is 15.4. The Morgan fingerprint density at radius 3 is 1.50 bits per heavy atom. The molecule has 0 spiro atoms. The van der Waals surface area contributed by atoms with Gasteiger partial charge in [-0.15, -0.1) is 20.4 Å². The van der Waals surface area contributed by atoms with Crippen molar-refractivity contribution in [1.29, 1.82) is 0 Å². The standard InChI is InChI=1S/C18H16BrN3O2S.C17H14BrN3O2S.C2H6O2.FH.Li.H2O.H/c1-24-16(23)10-25-18-21-20-17(19)22(18)15-9-8-12(11-6-7-11)13-4-2-3-5-14(13)15;18-16-19-20-17(24-9-15(22)23)21(16)14-8-7-11(10-5-6-10)12-3-1-2-4-13(12)14;1-2-4-3;;;;/h2-5,8-9,11H,6-7,10H2,1H3;1-4,7-8,10H,5-6,9H2,(H,22,23);3H,2H2,1H3;1H;;1H2;/q;;;;+1;;-1/p-1/i;;;;;;1+2.